The minimum absolute atomic E-state index is 0.0705. The number of aryl methyl sites for hydroxylation is 1. The molecule has 1 saturated heterocycles. The lowest BCUT2D eigenvalue weighted by Crippen LogP contribution is -2.30. The summed E-state index contributed by atoms with van der Waals surface area (Å²) >= 11 is 0. The van der Waals surface area contributed by atoms with Crippen LogP contribution in [0, 0.1) is 12.9 Å². The molecule has 0 spiro atoms. The number of halogens is 1. The molecule has 1 fully saturated rings. The van der Waals surface area contributed by atoms with E-state index in [4.69, 9.17) is 9.47 Å². The molecule has 0 amide bonds. The lowest BCUT2D eigenvalue weighted by atomic mass is 10.1. The molecule has 11 heteroatoms. The van der Waals surface area contributed by atoms with Gasteiger partial charge in [0.25, 0.3) is 5.56 Å². The highest BCUT2D eigenvalue weighted by Crippen LogP contribution is 2.37. The quantitative estimate of drug-likeness (QED) is 0.313. The summed E-state index contributed by atoms with van der Waals surface area (Å²) in [5.74, 6) is -1.22. The fourth-order valence-electron chi connectivity index (χ4n) is 4.99. The number of methoxy groups -OCH3 is 1. The van der Waals surface area contributed by atoms with Crippen LogP contribution in [0.3, 0.4) is 0 Å². The van der Waals surface area contributed by atoms with Gasteiger partial charge in [0.05, 0.1) is 17.5 Å². The standard InChI is InChI=1S/C29H28FN3O6S/c1-18-22(14-15-25(30)31-18)19-10-12-21(13-11-19)40(36,37)26-28(34)32-27(24-9-6-16-39-24)33(29(26)35)23(17-38-2)20-7-4-3-5-8-20/h3-5,7-8,10-15,23-24,35H,6,9,16-17H2,1-2H3/t23-,24?/m0/s1. The van der Waals surface area contributed by atoms with Crippen LogP contribution in [-0.2, 0) is 19.3 Å². The zero-order valence-electron chi connectivity index (χ0n) is 22.0. The monoisotopic (exact) mass is 565 g/mol. The van der Waals surface area contributed by atoms with Crippen molar-refractivity contribution in [2.24, 2.45) is 0 Å². The maximum atomic E-state index is 13.8. The number of nitrogens with zero attached hydrogens (tertiary/aromatic N) is 3. The van der Waals surface area contributed by atoms with E-state index in [-0.39, 0.29) is 17.3 Å². The minimum Gasteiger partial charge on any atom is -0.493 e. The van der Waals surface area contributed by atoms with Gasteiger partial charge in [-0.15, -0.1) is 0 Å². The maximum Gasteiger partial charge on any atom is 0.296 e. The van der Waals surface area contributed by atoms with Crippen molar-refractivity contribution in [2.45, 2.75) is 41.7 Å². The highest BCUT2D eigenvalue weighted by molar-refractivity contribution is 7.91. The largest absolute Gasteiger partial charge is 0.493 e. The van der Waals surface area contributed by atoms with E-state index < -0.39 is 44.3 Å². The number of rotatable bonds is 8. The van der Waals surface area contributed by atoms with E-state index in [1.807, 2.05) is 30.3 Å². The molecule has 9 nitrogen and oxygen atoms in total. The third-order valence-corrected chi connectivity index (χ3v) is 8.71. The Balaban J connectivity index is 1.65. The molecular weight excluding hydrogens is 537 g/mol. The average molecular weight is 566 g/mol. The van der Waals surface area contributed by atoms with Crippen LogP contribution in [0.1, 0.15) is 42.1 Å². The Hall–Kier alpha value is -3.93. The van der Waals surface area contributed by atoms with Crippen molar-refractivity contribution >= 4 is 9.84 Å². The van der Waals surface area contributed by atoms with Gasteiger partial charge in [-0.05, 0) is 55.2 Å². The van der Waals surface area contributed by atoms with Crippen LogP contribution >= 0.6 is 0 Å². The summed E-state index contributed by atoms with van der Waals surface area (Å²) in [4.78, 5) is 20.2. The Labute approximate surface area is 230 Å². The topological polar surface area (TPSA) is 121 Å². The lowest BCUT2D eigenvalue weighted by Gasteiger charge is -2.27. The normalized spacial score (nSPS) is 16.2. The Kier molecular flexibility index (Phi) is 7.79. The predicted molar refractivity (Wildman–Crippen MR) is 144 cm³/mol. The highest BCUT2D eigenvalue weighted by atomic mass is 32.2. The van der Waals surface area contributed by atoms with Gasteiger partial charge in [0.2, 0.25) is 21.7 Å². The van der Waals surface area contributed by atoms with Gasteiger partial charge in [0.15, 0.2) is 4.90 Å². The maximum absolute atomic E-state index is 13.8. The first-order chi connectivity index (χ1) is 19.2. The molecular formula is C29H28FN3O6S. The molecule has 40 heavy (non-hydrogen) atoms. The fourth-order valence-corrected chi connectivity index (χ4v) is 6.34. The summed E-state index contributed by atoms with van der Waals surface area (Å²) in [6.07, 6.45) is 0.702. The Morgan fingerprint density at radius 2 is 1.82 bits per heavy atom. The number of ether oxygens (including phenoxy) is 2. The van der Waals surface area contributed by atoms with Crippen LogP contribution in [0.25, 0.3) is 11.1 Å². The molecule has 4 aromatic rings. The van der Waals surface area contributed by atoms with E-state index in [1.165, 1.54) is 42.0 Å². The van der Waals surface area contributed by atoms with Gasteiger partial charge in [-0.1, -0.05) is 42.5 Å². The van der Waals surface area contributed by atoms with Crippen molar-refractivity contribution in [3.05, 3.63) is 100 Å². The summed E-state index contributed by atoms with van der Waals surface area (Å²) in [6.45, 7) is 2.17. The number of sulfone groups is 1. The number of hydrogen-bond acceptors (Lipinski definition) is 8. The molecule has 5 rings (SSSR count). The van der Waals surface area contributed by atoms with Gasteiger partial charge >= 0.3 is 0 Å². The van der Waals surface area contributed by atoms with E-state index in [9.17, 15) is 22.7 Å². The molecule has 2 aromatic carbocycles. The lowest BCUT2D eigenvalue weighted by molar-refractivity contribution is 0.0925. The number of aromatic hydroxyl groups is 1. The average Bonchev–Trinajstić information content (AvgIpc) is 3.47. The van der Waals surface area contributed by atoms with Crippen molar-refractivity contribution in [1.82, 2.24) is 14.5 Å². The summed E-state index contributed by atoms with van der Waals surface area (Å²) in [5.41, 5.74) is 1.33. The second-order valence-corrected chi connectivity index (χ2v) is 11.4. The van der Waals surface area contributed by atoms with Gasteiger partial charge in [0, 0.05) is 25.0 Å². The Morgan fingerprint density at radius 1 is 1.10 bits per heavy atom. The second kappa shape index (κ2) is 11.3. The van der Waals surface area contributed by atoms with Gasteiger partial charge in [-0.2, -0.15) is 9.37 Å². The molecule has 2 aromatic heterocycles. The molecule has 0 bridgehead atoms. The Bertz CT molecular complexity index is 1690. The van der Waals surface area contributed by atoms with Gasteiger partial charge in [0.1, 0.15) is 11.9 Å². The molecule has 1 unspecified atom stereocenters. The number of benzene rings is 2. The van der Waals surface area contributed by atoms with Crippen LogP contribution in [0.2, 0.25) is 0 Å². The number of aromatic nitrogens is 3. The van der Waals surface area contributed by atoms with Crippen LogP contribution in [0.5, 0.6) is 5.88 Å². The predicted octanol–water partition coefficient (Wildman–Crippen LogP) is 4.38. The third-order valence-electron chi connectivity index (χ3n) is 6.92. The molecule has 3 heterocycles. The molecule has 208 valence electrons. The zero-order valence-corrected chi connectivity index (χ0v) is 22.8. The van der Waals surface area contributed by atoms with Crippen molar-refractivity contribution in [2.75, 3.05) is 20.3 Å². The van der Waals surface area contributed by atoms with E-state index in [1.54, 1.807) is 13.0 Å². The van der Waals surface area contributed by atoms with E-state index >= 15 is 0 Å². The van der Waals surface area contributed by atoms with E-state index in [0.717, 1.165) is 12.0 Å². The molecule has 0 radical (unpaired) electrons. The summed E-state index contributed by atoms with van der Waals surface area (Å²) in [7, 11) is -3.02. The molecule has 0 saturated carbocycles. The summed E-state index contributed by atoms with van der Waals surface area (Å²) in [5, 5.41) is 11.6. The molecule has 1 aliphatic rings. The summed E-state index contributed by atoms with van der Waals surface area (Å²) in [6, 6.07) is 16.9. The van der Waals surface area contributed by atoms with Crippen LogP contribution in [0.4, 0.5) is 4.39 Å². The van der Waals surface area contributed by atoms with Gasteiger partial charge < -0.3 is 14.6 Å². The molecule has 1 aliphatic heterocycles. The van der Waals surface area contributed by atoms with Crippen LogP contribution < -0.4 is 5.56 Å². The zero-order chi connectivity index (χ0) is 28.4. The molecule has 1 N–H and O–H groups in total. The number of pyridine rings is 1. The Morgan fingerprint density at radius 3 is 2.45 bits per heavy atom. The smallest absolute Gasteiger partial charge is 0.296 e. The highest BCUT2D eigenvalue weighted by Gasteiger charge is 2.35. The molecule has 2 atom stereocenters. The van der Waals surface area contributed by atoms with Crippen LogP contribution in [0.15, 0.2) is 81.3 Å². The third kappa shape index (κ3) is 5.15. The summed E-state index contributed by atoms with van der Waals surface area (Å²) < 4.78 is 53.6. The molecule has 0 aliphatic carbocycles. The van der Waals surface area contributed by atoms with Crippen molar-refractivity contribution in [3.8, 4) is 17.0 Å². The minimum atomic E-state index is -4.51. The van der Waals surface area contributed by atoms with Gasteiger partial charge in [-0.25, -0.2) is 13.4 Å². The first-order valence-corrected chi connectivity index (χ1v) is 14.2. The first-order valence-electron chi connectivity index (χ1n) is 12.7. The van der Waals surface area contributed by atoms with Crippen molar-refractivity contribution < 1.29 is 27.4 Å². The van der Waals surface area contributed by atoms with Crippen molar-refractivity contribution in [1.29, 1.82) is 0 Å². The van der Waals surface area contributed by atoms with E-state index in [2.05, 4.69) is 9.97 Å². The van der Waals surface area contributed by atoms with Gasteiger partial charge in [-0.3, -0.25) is 9.36 Å². The van der Waals surface area contributed by atoms with Crippen molar-refractivity contribution in [3.63, 3.8) is 0 Å². The van der Waals surface area contributed by atoms with E-state index in [0.29, 0.717) is 29.8 Å². The van der Waals surface area contributed by atoms with Crippen LogP contribution in [-0.4, -0.2) is 48.4 Å². The number of hydrogen-bond donors (Lipinski definition) is 1. The second-order valence-electron chi connectivity index (χ2n) is 9.48. The SMILES string of the molecule is COC[C@@H](c1ccccc1)n1c(C2CCCO2)nc(=O)c(S(=O)(=O)c2ccc(-c3ccc(F)nc3C)cc2)c1O. The fraction of sp³-hybridized carbons (Fsp3) is 0.276. The first kappa shape index (κ1) is 27.6.